The highest BCUT2D eigenvalue weighted by atomic mass is 15.0. The van der Waals surface area contributed by atoms with Crippen LogP contribution in [0.25, 0.3) is 0 Å². The predicted octanol–water partition coefficient (Wildman–Crippen LogP) is 3.83. The van der Waals surface area contributed by atoms with Crippen LogP contribution < -0.4 is 5.32 Å². The number of aromatic nitrogens is 2. The maximum atomic E-state index is 9.17. The van der Waals surface area contributed by atoms with Gasteiger partial charge in [0.1, 0.15) is 17.5 Å². The molecule has 0 saturated carbocycles. The Morgan fingerprint density at radius 3 is 2.65 bits per heavy atom. The second-order valence-corrected chi connectivity index (χ2v) is 5.11. The summed E-state index contributed by atoms with van der Waals surface area (Å²) < 4.78 is 0. The van der Waals surface area contributed by atoms with Crippen LogP contribution in [0.1, 0.15) is 42.3 Å². The van der Waals surface area contributed by atoms with Crippen molar-refractivity contribution in [2.75, 3.05) is 5.32 Å². The first kappa shape index (κ1) is 14.0. The second-order valence-electron chi connectivity index (χ2n) is 5.11. The van der Waals surface area contributed by atoms with Gasteiger partial charge in [-0.3, -0.25) is 0 Å². The molecule has 0 bridgehead atoms. The van der Waals surface area contributed by atoms with Crippen LogP contribution in [-0.2, 0) is 0 Å². The van der Waals surface area contributed by atoms with Gasteiger partial charge in [-0.05, 0) is 30.9 Å². The number of hydrogen-bond donors (Lipinski definition) is 1. The lowest BCUT2D eigenvalue weighted by Gasteiger charge is -2.17. The summed E-state index contributed by atoms with van der Waals surface area (Å²) in [6, 6.07) is 8.32. The van der Waals surface area contributed by atoms with E-state index in [1.54, 1.807) is 6.20 Å². The van der Waals surface area contributed by atoms with Crippen LogP contribution in [0.5, 0.6) is 0 Å². The third-order valence-corrected chi connectivity index (χ3v) is 3.20. The number of benzene rings is 1. The molecule has 20 heavy (non-hydrogen) atoms. The summed E-state index contributed by atoms with van der Waals surface area (Å²) in [7, 11) is 0. The van der Waals surface area contributed by atoms with Gasteiger partial charge >= 0.3 is 0 Å². The van der Waals surface area contributed by atoms with E-state index in [1.807, 2.05) is 26.0 Å². The normalized spacial score (nSPS) is 10.4. The summed E-state index contributed by atoms with van der Waals surface area (Å²) in [4.78, 5) is 8.39. The summed E-state index contributed by atoms with van der Waals surface area (Å²) in [6.45, 7) is 8.16. The van der Waals surface area contributed by atoms with Gasteiger partial charge in [0.15, 0.2) is 5.82 Å². The Morgan fingerprint density at radius 2 is 2.00 bits per heavy atom. The molecule has 2 aromatic rings. The molecule has 4 heteroatoms. The third-order valence-electron chi connectivity index (χ3n) is 3.20. The molecule has 0 spiro atoms. The van der Waals surface area contributed by atoms with Crippen molar-refractivity contribution in [2.45, 2.75) is 33.6 Å². The quantitative estimate of drug-likeness (QED) is 0.917. The molecular weight excluding hydrogens is 248 g/mol. The molecule has 102 valence electrons. The summed E-state index contributed by atoms with van der Waals surface area (Å²) in [5, 5.41) is 12.5. The van der Waals surface area contributed by atoms with Crippen LogP contribution in [0.15, 0.2) is 24.4 Å². The number of nitriles is 1. The van der Waals surface area contributed by atoms with E-state index in [0.717, 1.165) is 11.3 Å². The fourth-order valence-electron chi connectivity index (χ4n) is 2.11. The maximum absolute atomic E-state index is 9.17. The molecule has 2 rings (SSSR count). The topological polar surface area (TPSA) is 61.6 Å². The number of nitrogens with one attached hydrogen (secondary N) is 1. The van der Waals surface area contributed by atoms with Crippen molar-refractivity contribution in [3.05, 3.63) is 46.9 Å². The Morgan fingerprint density at radius 1 is 1.25 bits per heavy atom. The molecular formula is C16H18N4. The van der Waals surface area contributed by atoms with Crippen LogP contribution in [0, 0.1) is 25.2 Å². The predicted molar refractivity (Wildman–Crippen MR) is 80.0 cm³/mol. The molecule has 0 aliphatic rings. The zero-order valence-corrected chi connectivity index (χ0v) is 12.2. The molecule has 0 fully saturated rings. The van der Waals surface area contributed by atoms with Crippen molar-refractivity contribution in [3.63, 3.8) is 0 Å². The largest absolute Gasteiger partial charge is 0.339 e. The Labute approximate surface area is 119 Å². The number of nitrogens with zero attached hydrogens (tertiary/aromatic N) is 3. The Kier molecular flexibility index (Phi) is 3.99. The van der Waals surface area contributed by atoms with Gasteiger partial charge in [-0.1, -0.05) is 32.0 Å². The number of rotatable bonds is 3. The van der Waals surface area contributed by atoms with E-state index in [-0.39, 0.29) is 0 Å². The van der Waals surface area contributed by atoms with Gasteiger partial charge in [0, 0.05) is 5.69 Å². The van der Waals surface area contributed by atoms with E-state index in [2.05, 4.69) is 41.3 Å². The van der Waals surface area contributed by atoms with Crippen molar-refractivity contribution >= 4 is 11.5 Å². The van der Waals surface area contributed by atoms with Crippen LogP contribution in [0.2, 0.25) is 0 Å². The van der Waals surface area contributed by atoms with Crippen molar-refractivity contribution in [2.24, 2.45) is 0 Å². The molecule has 1 aromatic carbocycles. The Balaban J connectivity index is 2.50. The Bertz CT molecular complexity index is 669. The standard InChI is InChI=1S/C16H18N4/c1-10(2)14-7-5-6-11(3)15(14)20-16-13(8-17)9-18-12(4)19-16/h5-7,9-10H,1-4H3,(H,18,19,20). The molecule has 1 N–H and O–H groups in total. The second kappa shape index (κ2) is 5.70. The van der Waals surface area contributed by atoms with Crippen molar-refractivity contribution < 1.29 is 0 Å². The minimum Gasteiger partial charge on any atom is -0.339 e. The molecule has 1 aromatic heterocycles. The highest BCUT2D eigenvalue weighted by molar-refractivity contribution is 5.68. The molecule has 0 atom stereocenters. The van der Waals surface area contributed by atoms with E-state index < -0.39 is 0 Å². The van der Waals surface area contributed by atoms with Gasteiger partial charge in [0.05, 0.1) is 6.20 Å². The highest BCUT2D eigenvalue weighted by Gasteiger charge is 2.12. The summed E-state index contributed by atoms with van der Waals surface area (Å²) >= 11 is 0. The van der Waals surface area contributed by atoms with Gasteiger partial charge in [0.2, 0.25) is 0 Å². The summed E-state index contributed by atoms with van der Waals surface area (Å²) in [6.07, 6.45) is 1.55. The molecule has 0 aliphatic carbocycles. The van der Waals surface area contributed by atoms with Gasteiger partial charge in [0.25, 0.3) is 0 Å². The lowest BCUT2D eigenvalue weighted by molar-refractivity contribution is 0.867. The molecule has 0 radical (unpaired) electrons. The SMILES string of the molecule is Cc1ncc(C#N)c(Nc2c(C)cccc2C(C)C)n1. The first-order valence-corrected chi connectivity index (χ1v) is 6.63. The van der Waals surface area contributed by atoms with Crippen LogP contribution in [0.3, 0.4) is 0 Å². The van der Waals surface area contributed by atoms with E-state index in [1.165, 1.54) is 5.56 Å². The number of hydrogen-bond acceptors (Lipinski definition) is 4. The van der Waals surface area contributed by atoms with E-state index in [4.69, 9.17) is 5.26 Å². The smallest absolute Gasteiger partial charge is 0.152 e. The number of aryl methyl sites for hydroxylation is 2. The summed E-state index contributed by atoms with van der Waals surface area (Å²) in [5.41, 5.74) is 3.83. The van der Waals surface area contributed by atoms with E-state index in [9.17, 15) is 0 Å². The molecule has 0 saturated heterocycles. The number of anilines is 2. The van der Waals surface area contributed by atoms with Gasteiger partial charge in [-0.15, -0.1) is 0 Å². The van der Waals surface area contributed by atoms with Crippen molar-refractivity contribution in [3.8, 4) is 6.07 Å². The molecule has 0 amide bonds. The minimum atomic E-state index is 0.394. The van der Waals surface area contributed by atoms with Gasteiger partial charge in [-0.2, -0.15) is 5.26 Å². The zero-order valence-electron chi connectivity index (χ0n) is 12.2. The zero-order chi connectivity index (χ0) is 14.7. The van der Waals surface area contributed by atoms with Crippen LogP contribution in [0.4, 0.5) is 11.5 Å². The Hall–Kier alpha value is -2.41. The first-order chi connectivity index (χ1) is 9.52. The van der Waals surface area contributed by atoms with Crippen molar-refractivity contribution in [1.82, 2.24) is 9.97 Å². The average Bonchev–Trinajstić information content (AvgIpc) is 2.41. The average molecular weight is 266 g/mol. The molecule has 1 heterocycles. The fraction of sp³-hybridized carbons (Fsp3) is 0.312. The lowest BCUT2D eigenvalue weighted by Crippen LogP contribution is -2.05. The van der Waals surface area contributed by atoms with E-state index >= 15 is 0 Å². The lowest BCUT2D eigenvalue weighted by atomic mass is 9.98. The van der Waals surface area contributed by atoms with Crippen LogP contribution >= 0.6 is 0 Å². The minimum absolute atomic E-state index is 0.394. The van der Waals surface area contributed by atoms with Gasteiger partial charge in [-0.25, -0.2) is 9.97 Å². The van der Waals surface area contributed by atoms with Gasteiger partial charge < -0.3 is 5.32 Å². The monoisotopic (exact) mass is 266 g/mol. The number of para-hydroxylation sites is 1. The molecule has 0 unspecified atom stereocenters. The van der Waals surface area contributed by atoms with Crippen LogP contribution in [-0.4, -0.2) is 9.97 Å². The molecule has 4 nitrogen and oxygen atoms in total. The highest BCUT2D eigenvalue weighted by Crippen LogP contribution is 2.30. The molecule has 0 aliphatic heterocycles. The first-order valence-electron chi connectivity index (χ1n) is 6.63. The third kappa shape index (κ3) is 2.77. The summed E-state index contributed by atoms with van der Waals surface area (Å²) in [5.74, 6) is 1.60. The fourth-order valence-corrected chi connectivity index (χ4v) is 2.11. The van der Waals surface area contributed by atoms with Crippen molar-refractivity contribution in [1.29, 1.82) is 5.26 Å². The van der Waals surface area contributed by atoms with E-state index in [0.29, 0.717) is 23.1 Å². The maximum Gasteiger partial charge on any atom is 0.152 e.